The fraction of sp³-hybridized carbons (Fsp3) is 0.353. The van der Waals surface area contributed by atoms with Crippen molar-refractivity contribution in [3.8, 4) is 0 Å². The summed E-state index contributed by atoms with van der Waals surface area (Å²) in [6, 6.07) is 5.74. The third-order valence-electron chi connectivity index (χ3n) is 4.62. The summed E-state index contributed by atoms with van der Waals surface area (Å²) in [6.07, 6.45) is 0.482. The number of hydrogen-bond donors (Lipinski definition) is 1. The lowest BCUT2D eigenvalue weighted by atomic mass is 10.1. The molecule has 1 atom stereocenters. The molecular formula is C17H18Cl2N6S. The third kappa shape index (κ3) is 2.89. The molecule has 0 spiro atoms. The van der Waals surface area contributed by atoms with E-state index in [-0.39, 0.29) is 6.04 Å². The number of fused-ring (bicyclic) bond motifs is 1. The molecule has 3 heterocycles. The number of benzene rings is 1. The highest BCUT2D eigenvalue weighted by Crippen LogP contribution is 2.33. The smallest absolute Gasteiger partial charge is 0.234 e. The lowest BCUT2D eigenvalue weighted by Crippen LogP contribution is -2.36. The van der Waals surface area contributed by atoms with Crippen LogP contribution in [0.1, 0.15) is 37.2 Å². The van der Waals surface area contributed by atoms with Gasteiger partial charge in [-0.25, -0.2) is 5.01 Å². The molecule has 0 amide bonds. The second kappa shape index (κ2) is 6.81. The maximum Gasteiger partial charge on any atom is 0.234 e. The van der Waals surface area contributed by atoms with Crippen molar-refractivity contribution < 1.29 is 0 Å². The first-order chi connectivity index (χ1) is 12.5. The standard InChI is InChI=1S/C17H18Cl2N6S/c1-4-24-10(3)15(9(2)22-24)16-23-25-14(20-21-17(25)26-16)8-11-12(18)6-5-7-13(11)19/h5-7,10,22H,4,8H2,1-3H3/t10-/m0/s1. The average molecular weight is 409 g/mol. The molecule has 9 heteroatoms. The zero-order valence-corrected chi connectivity index (χ0v) is 17.0. The summed E-state index contributed by atoms with van der Waals surface area (Å²) in [6.45, 7) is 7.30. The Bertz CT molecular complexity index is 988. The molecule has 4 rings (SSSR count). The van der Waals surface area contributed by atoms with Gasteiger partial charge < -0.3 is 5.43 Å². The molecule has 1 aliphatic heterocycles. The van der Waals surface area contributed by atoms with E-state index < -0.39 is 0 Å². The van der Waals surface area contributed by atoms with Gasteiger partial charge in [-0.3, -0.25) is 0 Å². The number of hydrogen-bond acceptors (Lipinski definition) is 6. The topological polar surface area (TPSA) is 58.4 Å². The SMILES string of the molecule is CCN1NC(C)=C(c2nn3c(Cc4c(Cl)cccc4Cl)nnc3s2)[C@@H]1C. The van der Waals surface area contributed by atoms with Crippen molar-refractivity contribution in [3.63, 3.8) is 0 Å². The highest BCUT2D eigenvalue weighted by molar-refractivity contribution is 7.17. The van der Waals surface area contributed by atoms with Crippen LogP contribution < -0.4 is 5.43 Å². The lowest BCUT2D eigenvalue weighted by molar-refractivity contribution is 0.221. The fourth-order valence-corrected chi connectivity index (χ4v) is 4.84. The lowest BCUT2D eigenvalue weighted by Gasteiger charge is -2.20. The number of nitrogens with zero attached hydrogens (tertiary/aromatic N) is 5. The van der Waals surface area contributed by atoms with Crippen molar-refractivity contribution in [1.29, 1.82) is 0 Å². The minimum Gasteiger partial charge on any atom is -0.322 e. The Balaban J connectivity index is 1.71. The van der Waals surface area contributed by atoms with Crippen LogP contribution in [0.3, 0.4) is 0 Å². The van der Waals surface area contributed by atoms with E-state index in [0.717, 1.165) is 33.6 Å². The van der Waals surface area contributed by atoms with Gasteiger partial charge in [0.15, 0.2) is 5.82 Å². The van der Waals surface area contributed by atoms with E-state index in [1.165, 1.54) is 5.57 Å². The zero-order valence-electron chi connectivity index (χ0n) is 14.6. The van der Waals surface area contributed by atoms with E-state index >= 15 is 0 Å². The summed E-state index contributed by atoms with van der Waals surface area (Å²) in [5.41, 5.74) is 6.57. The van der Waals surface area contributed by atoms with Crippen LogP contribution in [0, 0.1) is 0 Å². The third-order valence-corrected chi connectivity index (χ3v) is 6.26. The van der Waals surface area contributed by atoms with Crippen molar-refractivity contribution in [2.75, 3.05) is 6.54 Å². The van der Waals surface area contributed by atoms with Crippen molar-refractivity contribution >= 4 is 45.1 Å². The van der Waals surface area contributed by atoms with Crippen LogP contribution in [0.15, 0.2) is 23.9 Å². The van der Waals surface area contributed by atoms with Crippen LogP contribution in [0.2, 0.25) is 10.0 Å². The van der Waals surface area contributed by atoms with Gasteiger partial charge in [0, 0.05) is 34.3 Å². The van der Waals surface area contributed by atoms with E-state index in [9.17, 15) is 0 Å². The Morgan fingerprint density at radius 3 is 2.62 bits per heavy atom. The highest BCUT2D eigenvalue weighted by atomic mass is 35.5. The van der Waals surface area contributed by atoms with E-state index in [1.807, 2.05) is 18.2 Å². The number of hydrazine groups is 1. The number of nitrogens with one attached hydrogen (secondary N) is 1. The molecule has 0 fully saturated rings. The van der Waals surface area contributed by atoms with Gasteiger partial charge in [0.05, 0.1) is 6.04 Å². The van der Waals surface area contributed by atoms with Crippen molar-refractivity contribution in [3.05, 3.63) is 50.3 Å². The van der Waals surface area contributed by atoms with Gasteiger partial charge >= 0.3 is 0 Å². The molecule has 26 heavy (non-hydrogen) atoms. The first-order valence-electron chi connectivity index (χ1n) is 8.38. The summed E-state index contributed by atoms with van der Waals surface area (Å²) in [7, 11) is 0. The number of allylic oxidation sites excluding steroid dienone is 1. The fourth-order valence-electron chi connectivity index (χ4n) is 3.27. The molecule has 2 aromatic heterocycles. The van der Waals surface area contributed by atoms with Crippen molar-refractivity contribution in [1.82, 2.24) is 30.2 Å². The molecule has 0 saturated carbocycles. The largest absolute Gasteiger partial charge is 0.322 e. The van der Waals surface area contributed by atoms with Crippen LogP contribution in [-0.4, -0.2) is 37.4 Å². The average Bonchev–Trinajstić information content (AvgIpc) is 3.24. The number of halogens is 2. The van der Waals surface area contributed by atoms with Crippen LogP contribution in [0.5, 0.6) is 0 Å². The number of likely N-dealkylation sites (N-methyl/N-ethyl adjacent to an activating group) is 1. The Kier molecular flexibility index (Phi) is 4.64. The summed E-state index contributed by atoms with van der Waals surface area (Å²) < 4.78 is 1.79. The Morgan fingerprint density at radius 1 is 1.23 bits per heavy atom. The van der Waals surface area contributed by atoms with Crippen LogP contribution in [0.4, 0.5) is 0 Å². The maximum absolute atomic E-state index is 6.30. The zero-order chi connectivity index (χ0) is 18.4. The van der Waals surface area contributed by atoms with E-state index in [2.05, 4.69) is 41.4 Å². The summed E-state index contributed by atoms with van der Waals surface area (Å²) in [5, 5.41) is 17.7. The van der Waals surface area contributed by atoms with Crippen molar-refractivity contribution in [2.24, 2.45) is 0 Å². The molecule has 0 unspecified atom stereocenters. The minimum absolute atomic E-state index is 0.255. The molecular weight excluding hydrogens is 391 g/mol. The summed E-state index contributed by atoms with van der Waals surface area (Å²) in [4.78, 5) is 0.764. The quantitative estimate of drug-likeness (QED) is 0.705. The van der Waals surface area contributed by atoms with Gasteiger partial charge in [-0.05, 0) is 31.5 Å². The van der Waals surface area contributed by atoms with Crippen LogP contribution in [0.25, 0.3) is 10.5 Å². The van der Waals surface area contributed by atoms with Gasteiger partial charge in [-0.1, -0.05) is 47.5 Å². The molecule has 0 saturated heterocycles. The van der Waals surface area contributed by atoms with Crippen LogP contribution >= 0.6 is 34.5 Å². The highest BCUT2D eigenvalue weighted by Gasteiger charge is 2.30. The van der Waals surface area contributed by atoms with Gasteiger partial charge in [-0.15, -0.1) is 10.2 Å². The second-order valence-corrected chi connectivity index (χ2v) is 7.98. The Labute approximate surface area is 165 Å². The summed E-state index contributed by atoms with van der Waals surface area (Å²) >= 11 is 14.1. The predicted octanol–water partition coefficient (Wildman–Crippen LogP) is 4.04. The normalized spacial score (nSPS) is 18.1. The molecule has 136 valence electrons. The molecule has 6 nitrogen and oxygen atoms in total. The second-order valence-electron chi connectivity index (χ2n) is 6.21. The number of aromatic nitrogens is 4. The minimum atomic E-state index is 0.255. The molecule has 3 aromatic rings. The van der Waals surface area contributed by atoms with E-state index in [0.29, 0.717) is 16.5 Å². The first kappa shape index (κ1) is 17.7. The molecule has 0 bridgehead atoms. The van der Waals surface area contributed by atoms with Gasteiger partial charge in [0.25, 0.3) is 0 Å². The number of rotatable bonds is 4. The van der Waals surface area contributed by atoms with Gasteiger partial charge in [-0.2, -0.15) is 9.61 Å². The van der Waals surface area contributed by atoms with Gasteiger partial charge in [0.2, 0.25) is 4.96 Å². The van der Waals surface area contributed by atoms with E-state index in [4.69, 9.17) is 28.3 Å². The van der Waals surface area contributed by atoms with Crippen molar-refractivity contribution in [2.45, 2.75) is 33.2 Å². The molecule has 1 N–H and O–H groups in total. The van der Waals surface area contributed by atoms with Crippen LogP contribution in [-0.2, 0) is 6.42 Å². The molecule has 0 radical (unpaired) electrons. The Morgan fingerprint density at radius 2 is 1.96 bits per heavy atom. The Hall–Kier alpha value is -1.67. The predicted molar refractivity (Wildman–Crippen MR) is 105 cm³/mol. The first-order valence-corrected chi connectivity index (χ1v) is 9.95. The maximum atomic E-state index is 6.30. The van der Waals surface area contributed by atoms with Gasteiger partial charge in [0.1, 0.15) is 5.01 Å². The molecule has 1 aromatic carbocycles. The molecule has 0 aliphatic carbocycles. The monoisotopic (exact) mass is 408 g/mol. The van der Waals surface area contributed by atoms with E-state index in [1.54, 1.807) is 15.9 Å². The molecule has 1 aliphatic rings. The summed E-state index contributed by atoms with van der Waals surface area (Å²) in [5.74, 6) is 0.724.